The van der Waals surface area contributed by atoms with E-state index >= 15 is 0 Å². The van der Waals surface area contributed by atoms with Crippen molar-refractivity contribution in [2.75, 3.05) is 20.3 Å². The lowest BCUT2D eigenvalue weighted by molar-refractivity contribution is -0.143. The Morgan fingerprint density at radius 3 is 3.00 bits per heavy atom. The SMILES string of the molecule is COCC(=O)N1CCc2c(C#N)csc2C1C(N)=O. The van der Waals surface area contributed by atoms with Crippen molar-refractivity contribution in [3.8, 4) is 6.07 Å². The molecule has 1 aliphatic rings. The van der Waals surface area contributed by atoms with Gasteiger partial charge in [0.15, 0.2) is 0 Å². The van der Waals surface area contributed by atoms with Crippen molar-refractivity contribution >= 4 is 23.2 Å². The van der Waals surface area contributed by atoms with Gasteiger partial charge in [0.1, 0.15) is 18.7 Å². The Morgan fingerprint density at radius 2 is 2.42 bits per heavy atom. The summed E-state index contributed by atoms with van der Waals surface area (Å²) in [6.45, 7) is 0.282. The molecular formula is C12H13N3O3S. The molecule has 1 aromatic heterocycles. The number of carbonyl (C=O) groups excluding carboxylic acids is 2. The molecule has 19 heavy (non-hydrogen) atoms. The highest BCUT2D eigenvalue weighted by Gasteiger charge is 2.36. The van der Waals surface area contributed by atoms with Gasteiger partial charge in [0, 0.05) is 23.9 Å². The molecule has 0 saturated carbocycles. The molecule has 1 aliphatic heterocycles. The average Bonchev–Trinajstić information content (AvgIpc) is 2.80. The third-order valence-electron chi connectivity index (χ3n) is 3.07. The molecule has 0 aromatic carbocycles. The molecule has 1 aromatic rings. The molecule has 2 N–H and O–H groups in total. The minimum Gasteiger partial charge on any atom is -0.375 e. The van der Waals surface area contributed by atoms with Gasteiger partial charge in [0.2, 0.25) is 11.8 Å². The summed E-state index contributed by atoms with van der Waals surface area (Å²) in [4.78, 5) is 25.7. The zero-order chi connectivity index (χ0) is 14.0. The van der Waals surface area contributed by atoms with Crippen LogP contribution in [0.25, 0.3) is 0 Å². The average molecular weight is 279 g/mol. The minimum atomic E-state index is -0.793. The molecular weight excluding hydrogens is 266 g/mol. The van der Waals surface area contributed by atoms with Crippen molar-refractivity contribution < 1.29 is 14.3 Å². The first kappa shape index (κ1) is 13.5. The molecule has 2 rings (SSSR count). The molecule has 2 amide bonds. The van der Waals surface area contributed by atoms with Gasteiger partial charge >= 0.3 is 0 Å². The summed E-state index contributed by atoms with van der Waals surface area (Å²) in [6.07, 6.45) is 0.557. The predicted molar refractivity (Wildman–Crippen MR) is 68.3 cm³/mol. The van der Waals surface area contributed by atoms with E-state index in [0.717, 1.165) is 5.56 Å². The Morgan fingerprint density at radius 1 is 1.68 bits per heavy atom. The summed E-state index contributed by atoms with van der Waals surface area (Å²) in [5.74, 6) is -0.861. The molecule has 6 nitrogen and oxygen atoms in total. The normalized spacial score (nSPS) is 17.7. The van der Waals surface area contributed by atoms with Crippen molar-refractivity contribution in [1.29, 1.82) is 5.26 Å². The van der Waals surface area contributed by atoms with Gasteiger partial charge in [-0.1, -0.05) is 0 Å². The van der Waals surface area contributed by atoms with E-state index in [1.165, 1.54) is 23.3 Å². The first-order valence-corrected chi connectivity index (χ1v) is 6.56. The lowest BCUT2D eigenvalue weighted by Gasteiger charge is -2.33. The van der Waals surface area contributed by atoms with E-state index in [0.29, 0.717) is 23.4 Å². The fraction of sp³-hybridized carbons (Fsp3) is 0.417. The lowest BCUT2D eigenvalue weighted by Crippen LogP contribution is -2.46. The van der Waals surface area contributed by atoms with Crippen molar-refractivity contribution in [2.45, 2.75) is 12.5 Å². The van der Waals surface area contributed by atoms with Crippen LogP contribution in [0.1, 0.15) is 22.0 Å². The van der Waals surface area contributed by atoms with Crippen LogP contribution in [0.15, 0.2) is 5.38 Å². The smallest absolute Gasteiger partial charge is 0.249 e. The molecule has 100 valence electrons. The summed E-state index contributed by atoms with van der Waals surface area (Å²) in [7, 11) is 1.42. The number of fused-ring (bicyclic) bond motifs is 1. The van der Waals surface area contributed by atoms with Crippen LogP contribution in [0.3, 0.4) is 0 Å². The number of rotatable bonds is 3. The van der Waals surface area contributed by atoms with E-state index in [4.69, 9.17) is 15.7 Å². The highest BCUT2D eigenvalue weighted by atomic mass is 32.1. The maximum absolute atomic E-state index is 11.9. The van der Waals surface area contributed by atoms with Gasteiger partial charge in [0.25, 0.3) is 0 Å². The maximum atomic E-state index is 11.9. The monoisotopic (exact) mass is 279 g/mol. The molecule has 1 unspecified atom stereocenters. The Hall–Kier alpha value is -1.91. The Bertz CT molecular complexity index is 561. The first-order valence-electron chi connectivity index (χ1n) is 5.68. The van der Waals surface area contributed by atoms with E-state index in [9.17, 15) is 9.59 Å². The number of nitriles is 1. The first-order chi connectivity index (χ1) is 9.10. The second-order valence-corrected chi connectivity index (χ2v) is 5.09. The number of hydrogen-bond acceptors (Lipinski definition) is 5. The van der Waals surface area contributed by atoms with E-state index in [1.54, 1.807) is 5.38 Å². The zero-order valence-corrected chi connectivity index (χ0v) is 11.2. The van der Waals surface area contributed by atoms with Crippen LogP contribution in [0.5, 0.6) is 0 Å². The fourth-order valence-electron chi connectivity index (χ4n) is 2.24. The third-order valence-corrected chi connectivity index (χ3v) is 4.14. The topological polar surface area (TPSA) is 96.4 Å². The van der Waals surface area contributed by atoms with Gasteiger partial charge in [-0.25, -0.2) is 0 Å². The number of nitrogens with two attached hydrogens (primary N) is 1. The van der Waals surface area contributed by atoms with Gasteiger partial charge in [-0.15, -0.1) is 11.3 Å². The quantitative estimate of drug-likeness (QED) is 0.853. The number of ether oxygens (including phenoxy) is 1. The van der Waals surface area contributed by atoms with Crippen LogP contribution < -0.4 is 5.73 Å². The molecule has 1 atom stereocenters. The Labute approximate surface area is 114 Å². The van der Waals surface area contributed by atoms with Crippen LogP contribution in [0.4, 0.5) is 0 Å². The second-order valence-electron chi connectivity index (χ2n) is 4.18. The highest BCUT2D eigenvalue weighted by molar-refractivity contribution is 7.10. The van der Waals surface area contributed by atoms with Crippen LogP contribution in [0.2, 0.25) is 0 Å². The summed E-state index contributed by atoms with van der Waals surface area (Å²) in [6, 6.07) is 1.30. The van der Waals surface area contributed by atoms with E-state index in [1.807, 2.05) is 0 Å². The Kier molecular flexibility index (Phi) is 3.83. The van der Waals surface area contributed by atoms with E-state index in [-0.39, 0.29) is 12.5 Å². The van der Waals surface area contributed by atoms with E-state index < -0.39 is 11.9 Å². The molecule has 0 saturated heterocycles. The van der Waals surface area contributed by atoms with Crippen LogP contribution >= 0.6 is 11.3 Å². The predicted octanol–water partition coefficient (Wildman–Crippen LogP) is 0.177. The van der Waals surface area contributed by atoms with Crippen molar-refractivity contribution in [3.63, 3.8) is 0 Å². The maximum Gasteiger partial charge on any atom is 0.249 e. The zero-order valence-electron chi connectivity index (χ0n) is 10.4. The largest absolute Gasteiger partial charge is 0.375 e. The standard InChI is InChI=1S/C12H13N3O3S/c1-18-5-9(16)15-3-2-8-7(4-13)6-19-11(8)10(15)12(14)17/h6,10H,2-3,5H2,1H3,(H2,14,17). The van der Waals surface area contributed by atoms with Gasteiger partial charge in [-0.2, -0.15) is 5.26 Å². The number of carbonyl (C=O) groups is 2. The van der Waals surface area contributed by atoms with Gasteiger partial charge < -0.3 is 15.4 Å². The van der Waals surface area contributed by atoms with Crippen molar-refractivity contribution in [1.82, 2.24) is 4.90 Å². The highest BCUT2D eigenvalue weighted by Crippen LogP contribution is 2.36. The van der Waals surface area contributed by atoms with Crippen molar-refractivity contribution in [3.05, 3.63) is 21.4 Å². The van der Waals surface area contributed by atoms with Gasteiger partial charge in [-0.3, -0.25) is 9.59 Å². The number of thiophene rings is 1. The summed E-state index contributed by atoms with van der Waals surface area (Å²) >= 11 is 1.29. The number of amides is 2. The molecule has 0 bridgehead atoms. The molecule has 0 aliphatic carbocycles. The van der Waals surface area contributed by atoms with Gasteiger partial charge in [0.05, 0.1) is 5.56 Å². The third kappa shape index (κ3) is 2.32. The molecule has 2 heterocycles. The fourth-order valence-corrected chi connectivity index (χ4v) is 3.41. The molecule has 0 spiro atoms. The summed E-state index contributed by atoms with van der Waals surface area (Å²) in [5.41, 5.74) is 6.80. The molecule has 0 fully saturated rings. The van der Waals surface area contributed by atoms with Gasteiger partial charge in [-0.05, 0) is 12.0 Å². The van der Waals surface area contributed by atoms with Crippen molar-refractivity contribution in [2.24, 2.45) is 5.73 Å². The number of methoxy groups -OCH3 is 1. The summed E-state index contributed by atoms with van der Waals surface area (Å²) in [5, 5.41) is 10.7. The number of primary amides is 1. The van der Waals surface area contributed by atoms with Crippen LogP contribution in [-0.2, 0) is 20.7 Å². The molecule has 7 heteroatoms. The Balaban J connectivity index is 2.40. The lowest BCUT2D eigenvalue weighted by atomic mass is 9.98. The molecule has 0 radical (unpaired) electrons. The minimum absolute atomic E-state index is 0.0877. The second kappa shape index (κ2) is 5.38. The number of hydrogen-bond donors (Lipinski definition) is 1. The van der Waals surface area contributed by atoms with Crippen LogP contribution in [-0.4, -0.2) is 37.0 Å². The van der Waals surface area contributed by atoms with E-state index in [2.05, 4.69) is 6.07 Å². The summed E-state index contributed by atoms with van der Waals surface area (Å²) < 4.78 is 4.81. The number of nitrogens with zero attached hydrogens (tertiary/aromatic N) is 2. The van der Waals surface area contributed by atoms with Crippen LogP contribution in [0, 0.1) is 11.3 Å².